The Labute approximate surface area is 188 Å². The number of Topliss-reactive ketones (excluding diaryl/α,β-unsaturated/α-hetero) is 1. The van der Waals surface area contributed by atoms with Crippen LogP contribution in [0.25, 0.3) is 10.9 Å². The van der Waals surface area contributed by atoms with Gasteiger partial charge in [-0.1, -0.05) is 38.5 Å². The van der Waals surface area contributed by atoms with Crippen molar-refractivity contribution in [2.75, 3.05) is 13.6 Å². The molecule has 4 rings (SSSR count). The summed E-state index contributed by atoms with van der Waals surface area (Å²) in [4.78, 5) is 40.5. The quantitative estimate of drug-likeness (QED) is 0.530. The molecule has 7 heteroatoms. The van der Waals surface area contributed by atoms with Gasteiger partial charge in [-0.2, -0.15) is 0 Å². The van der Waals surface area contributed by atoms with E-state index in [9.17, 15) is 18.8 Å². The molecule has 1 N–H and O–H groups in total. The standard InChI is InChI=1S/C25H32FN3O3/c1-28(15-17-8-4-2-5-9-17)24(31)23(30)21-16-29(22-14-18(26)12-13-20(21)22)25(32)27-19-10-6-3-7-11-19/h12-14,16-17,19H,2-11,15H2,1H3,(H,27,32). The number of hydrogen-bond acceptors (Lipinski definition) is 3. The van der Waals surface area contributed by atoms with Gasteiger partial charge in [0.2, 0.25) is 0 Å². The molecule has 2 aliphatic carbocycles. The van der Waals surface area contributed by atoms with Gasteiger partial charge >= 0.3 is 6.03 Å². The van der Waals surface area contributed by atoms with Gasteiger partial charge in [0.25, 0.3) is 11.7 Å². The summed E-state index contributed by atoms with van der Waals surface area (Å²) in [7, 11) is 1.66. The molecule has 0 atom stereocenters. The third-order valence-electron chi connectivity index (χ3n) is 6.96. The molecule has 6 nitrogen and oxygen atoms in total. The van der Waals surface area contributed by atoms with E-state index < -0.39 is 23.5 Å². The van der Waals surface area contributed by atoms with E-state index in [1.165, 1.54) is 46.7 Å². The second kappa shape index (κ2) is 9.84. The molecule has 0 bridgehead atoms. The molecule has 2 fully saturated rings. The molecule has 172 valence electrons. The predicted molar refractivity (Wildman–Crippen MR) is 121 cm³/mol. The summed E-state index contributed by atoms with van der Waals surface area (Å²) in [5, 5.41) is 3.41. The molecule has 0 unspecified atom stereocenters. The number of likely N-dealkylation sites (N-methyl/N-ethyl adjacent to an activating group) is 1. The van der Waals surface area contributed by atoms with Gasteiger partial charge < -0.3 is 10.2 Å². The number of halogens is 1. The van der Waals surface area contributed by atoms with Crippen LogP contribution in [0.4, 0.5) is 9.18 Å². The summed E-state index contributed by atoms with van der Waals surface area (Å²) in [5.74, 6) is -1.33. The van der Waals surface area contributed by atoms with Crippen molar-refractivity contribution in [3.63, 3.8) is 0 Å². The van der Waals surface area contributed by atoms with Crippen LogP contribution < -0.4 is 5.32 Å². The van der Waals surface area contributed by atoms with Crippen molar-refractivity contribution >= 4 is 28.6 Å². The smallest absolute Gasteiger partial charge is 0.326 e. The summed E-state index contributed by atoms with van der Waals surface area (Å²) in [6.45, 7) is 0.556. The van der Waals surface area contributed by atoms with E-state index in [2.05, 4.69) is 5.32 Å². The fourth-order valence-corrected chi connectivity index (χ4v) is 5.17. The Hall–Kier alpha value is -2.70. The van der Waals surface area contributed by atoms with E-state index in [4.69, 9.17) is 0 Å². The van der Waals surface area contributed by atoms with E-state index in [0.29, 0.717) is 23.4 Å². The maximum absolute atomic E-state index is 14.0. The Balaban J connectivity index is 1.56. The Morgan fingerprint density at radius 2 is 1.69 bits per heavy atom. The van der Waals surface area contributed by atoms with Crippen LogP contribution in [-0.4, -0.2) is 46.8 Å². The van der Waals surface area contributed by atoms with Gasteiger partial charge in [-0.3, -0.25) is 14.2 Å². The molecule has 2 aliphatic rings. The highest BCUT2D eigenvalue weighted by Crippen LogP contribution is 2.26. The van der Waals surface area contributed by atoms with Crippen LogP contribution in [0.15, 0.2) is 24.4 Å². The minimum Gasteiger partial charge on any atom is -0.339 e. The van der Waals surface area contributed by atoms with Gasteiger partial charge in [0.1, 0.15) is 5.82 Å². The first-order valence-corrected chi connectivity index (χ1v) is 11.9. The second-order valence-electron chi connectivity index (χ2n) is 9.38. The van der Waals surface area contributed by atoms with Gasteiger partial charge in [0.15, 0.2) is 0 Å². The first-order chi connectivity index (χ1) is 15.4. The predicted octanol–water partition coefficient (Wildman–Crippen LogP) is 4.89. The van der Waals surface area contributed by atoms with Crippen LogP contribution in [0.1, 0.15) is 74.6 Å². The summed E-state index contributed by atoms with van der Waals surface area (Å²) >= 11 is 0. The van der Waals surface area contributed by atoms with E-state index in [1.54, 1.807) is 7.05 Å². The fourth-order valence-electron chi connectivity index (χ4n) is 5.17. The van der Waals surface area contributed by atoms with E-state index >= 15 is 0 Å². The topological polar surface area (TPSA) is 71.4 Å². The monoisotopic (exact) mass is 441 g/mol. The highest BCUT2D eigenvalue weighted by molar-refractivity contribution is 6.45. The molecular weight excluding hydrogens is 409 g/mol. The highest BCUT2D eigenvalue weighted by atomic mass is 19.1. The number of carbonyl (C=O) groups excluding carboxylic acids is 3. The lowest BCUT2D eigenvalue weighted by atomic mass is 9.89. The molecule has 1 aromatic heterocycles. The van der Waals surface area contributed by atoms with Crippen molar-refractivity contribution < 1.29 is 18.8 Å². The summed E-state index contributed by atoms with van der Waals surface area (Å²) in [5.41, 5.74) is 0.434. The number of nitrogens with one attached hydrogen (secondary N) is 1. The first kappa shape index (κ1) is 22.5. The Kier molecular flexibility index (Phi) is 6.92. The van der Waals surface area contributed by atoms with Crippen LogP contribution in [0.5, 0.6) is 0 Å². The zero-order valence-corrected chi connectivity index (χ0v) is 18.7. The third-order valence-corrected chi connectivity index (χ3v) is 6.96. The molecule has 0 spiro atoms. The van der Waals surface area contributed by atoms with E-state index in [1.807, 2.05) is 0 Å². The summed E-state index contributed by atoms with van der Waals surface area (Å²) in [6.07, 6.45) is 12.2. The second-order valence-corrected chi connectivity index (χ2v) is 9.38. The Morgan fingerprint density at radius 3 is 2.38 bits per heavy atom. The van der Waals surface area contributed by atoms with Crippen molar-refractivity contribution in [3.05, 3.63) is 35.8 Å². The minimum absolute atomic E-state index is 0.0738. The van der Waals surface area contributed by atoms with Gasteiger partial charge in [0.05, 0.1) is 11.1 Å². The number of benzene rings is 1. The molecule has 0 aliphatic heterocycles. The fraction of sp³-hybridized carbons (Fsp3) is 0.560. The van der Waals surface area contributed by atoms with Gasteiger partial charge in [0, 0.05) is 31.2 Å². The third kappa shape index (κ3) is 4.87. The lowest BCUT2D eigenvalue weighted by molar-refractivity contribution is -0.125. The first-order valence-electron chi connectivity index (χ1n) is 11.9. The van der Waals surface area contributed by atoms with Crippen molar-refractivity contribution in [2.45, 2.75) is 70.3 Å². The number of amides is 2. The Morgan fingerprint density at radius 1 is 1.03 bits per heavy atom. The molecule has 1 aromatic carbocycles. The van der Waals surface area contributed by atoms with Crippen LogP contribution in [-0.2, 0) is 4.79 Å². The lowest BCUT2D eigenvalue weighted by Crippen LogP contribution is -2.38. The van der Waals surface area contributed by atoms with Gasteiger partial charge in [-0.15, -0.1) is 0 Å². The molecule has 0 saturated heterocycles. The molecule has 2 saturated carbocycles. The zero-order valence-electron chi connectivity index (χ0n) is 18.7. The summed E-state index contributed by atoms with van der Waals surface area (Å²) in [6, 6.07) is 3.64. The molecule has 2 aromatic rings. The highest BCUT2D eigenvalue weighted by Gasteiger charge is 2.28. The maximum Gasteiger partial charge on any atom is 0.326 e. The molecular formula is C25H32FN3O3. The number of nitrogens with zero attached hydrogens (tertiary/aromatic N) is 2. The lowest BCUT2D eigenvalue weighted by Gasteiger charge is -2.26. The van der Waals surface area contributed by atoms with Crippen LogP contribution >= 0.6 is 0 Å². The SMILES string of the molecule is CN(CC1CCCCC1)C(=O)C(=O)c1cn(C(=O)NC2CCCCC2)c2cc(F)ccc12. The van der Waals surface area contributed by atoms with Gasteiger partial charge in [-0.05, 0) is 49.8 Å². The maximum atomic E-state index is 14.0. The molecule has 2 amide bonds. The van der Waals surface area contributed by atoms with E-state index in [0.717, 1.165) is 51.4 Å². The van der Waals surface area contributed by atoms with Crippen LogP contribution in [0.3, 0.4) is 0 Å². The largest absolute Gasteiger partial charge is 0.339 e. The van der Waals surface area contributed by atoms with Crippen LogP contribution in [0.2, 0.25) is 0 Å². The van der Waals surface area contributed by atoms with Gasteiger partial charge in [-0.25, -0.2) is 9.18 Å². The number of ketones is 1. The number of rotatable bonds is 5. The number of hydrogen-bond donors (Lipinski definition) is 1. The summed E-state index contributed by atoms with van der Waals surface area (Å²) < 4.78 is 15.3. The average Bonchev–Trinajstić information content (AvgIpc) is 3.18. The zero-order chi connectivity index (χ0) is 22.7. The van der Waals surface area contributed by atoms with Crippen molar-refractivity contribution in [1.29, 1.82) is 0 Å². The number of fused-ring (bicyclic) bond motifs is 1. The van der Waals surface area contributed by atoms with Crippen molar-refractivity contribution in [2.24, 2.45) is 5.92 Å². The van der Waals surface area contributed by atoms with Crippen LogP contribution in [0, 0.1) is 11.7 Å². The number of carbonyl (C=O) groups is 3. The number of aromatic nitrogens is 1. The minimum atomic E-state index is -0.663. The molecule has 1 heterocycles. The van der Waals surface area contributed by atoms with Crippen molar-refractivity contribution in [3.8, 4) is 0 Å². The van der Waals surface area contributed by atoms with E-state index in [-0.39, 0.29) is 11.6 Å². The normalized spacial score (nSPS) is 17.9. The van der Waals surface area contributed by atoms with Crippen molar-refractivity contribution in [1.82, 2.24) is 14.8 Å². The molecule has 32 heavy (non-hydrogen) atoms. The average molecular weight is 442 g/mol. The Bertz CT molecular complexity index is 1000. The molecule has 0 radical (unpaired) electrons.